The second-order valence-corrected chi connectivity index (χ2v) is 5.69. The third kappa shape index (κ3) is 3.21. The summed E-state index contributed by atoms with van der Waals surface area (Å²) in [4.78, 5) is 21.7. The van der Waals surface area contributed by atoms with E-state index in [0.717, 1.165) is 17.7 Å². The largest absolute Gasteiger partial charge is 0.416 e. The van der Waals surface area contributed by atoms with Gasteiger partial charge in [0.25, 0.3) is 0 Å². The molecule has 2 aromatic rings. The van der Waals surface area contributed by atoms with Crippen LogP contribution in [0.2, 0.25) is 0 Å². The Balaban J connectivity index is 1.93. The number of aromatic nitrogens is 2. The molecule has 3 rings (SSSR count). The van der Waals surface area contributed by atoms with Crippen molar-refractivity contribution in [3.8, 4) is 11.3 Å². The third-order valence-electron chi connectivity index (χ3n) is 3.96. The number of fused-ring (bicyclic) bond motifs is 1. The van der Waals surface area contributed by atoms with Gasteiger partial charge in [-0.3, -0.25) is 4.79 Å². The average Bonchev–Trinajstić information content (AvgIpc) is 2.59. The molecule has 0 spiro atoms. The summed E-state index contributed by atoms with van der Waals surface area (Å²) in [5.74, 6) is -0.261. The maximum absolute atomic E-state index is 12.7. The van der Waals surface area contributed by atoms with Crippen LogP contribution in [0, 0.1) is 0 Å². The Morgan fingerprint density at radius 1 is 1.21 bits per heavy atom. The van der Waals surface area contributed by atoms with E-state index in [2.05, 4.69) is 9.97 Å². The molecule has 0 aliphatic carbocycles. The molecule has 1 aromatic heterocycles. The highest BCUT2D eigenvalue weighted by Gasteiger charge is 2.30. The summed E-state index contributed by atoms with van der Waals surface area (Å²) in [6, 6.07) is 4.88. The molecule has 0 saturated carbocycles. The number of halogens is 4. The zero-order valence-electron chi connectivity index (χ0n) is 12.5. The van der Waals surface area contributed by atoms with E-state index in [1.165, 1.54) is 18.5 Å². The highest BCUT2D eigenvalue weighted by atomic mass is 35.5. The van der Waals surface area contributed by atoms with E-state index in [4.69, 9.17) is 11.6 Å². The lowest BCUT2D eigenvalue weighted by molar-refractivity contribution is -0.137. The Morgan fingerprint density at radius 3 is 2.54 bits per heavy atom. The van der Waals surface area contributed by atoms with Gasteiger partial charge in [-0.15, -0.1) is 11.6 Å². The van der Waals surface area contributed by atoms with Crippen LogP contribution < -0.4 is 0 Å². The van der Waals surface area contributed by atoms with Gasteiger partial charge in [0.1, 0.15) is 12.2 Å². The predicted molar refractivity (Wildman–Crippen MR) is 82.3 cm³/mol. The van der Waals surface area contributed by atoms with E-state index in [1.54, 1.807) is 4.90 Å². The number of carbonyl (C=O) groups excluding carboxylic acids is 1. The topological polar surface area (TPSA) is 46.1 Å². The molecule has 0 radical (unpaired) electrons. The molecule has 126 valence electrons. The molecule has 0 bridgehead atoms. The Bertz CT molecular complexity index is 762. The predicted octanol–water partition coefficient (Wildman–Crippen LogP) is 3.29. The van der Waals surface area contributed by atoms with Gasteiger partial charge in [-0.1, -0.05) is 12.1 Å². The van der Waals surface area contributed by atoms with Crippen molar-refractivity contribution in [1.82, 2.24) is 14.9 Å². The summed E-state index contributed by atoms with van der Waals surface area (Å²) in [6.07, 6.45) is -2.47. The lowest BCUT2D eigenvalue weighted by Crippen LogP contribution is -2.37. The minimum Gasteiger partial charge on any atom is -0.335 e. The third-order valence-corrected chi connectivity index (χ3v) is 4.19. The molecule has 0 atom stereocenters. The van der Waals surface area contributed by atoms with Gasteiger partial charge in [0, 0.05) is 17.7 Å². The number of benzene rings is 1. The average molecular weight is 356 g/mol. The van der Waals surface area contributed by atoms with Crippen molar-refractivity contribution in [2.75, 3.05) is 12.4 Å². The van der Waals surface area contributed by atoms with Crippen molar-refractivity contribution >= 4 is 17.5 Å². The first-order valence-corrected chi connectivity index (χ1v) is 7.77. The summed E-state index contributed by atoms with van der Waals surface area (Å²) in [7, 11) is 0. The molecule has 0 saturated heterocycles. The summed E-state index contributed by atoms with van der Waals surface area (Å²) in [5, 5.41) is 0. The number of amides is 1. The SMILES string of the molecule is O=C(CCl)N1CCc2c(ncnc2-c2ccc(C(F)(F)F)cc2)C1. The van der Waals surface area contributed by atoms with Gasteiger partial charge >= 0.3 is 6.18 Å². The lowest BCUT2D eigenvalue weighted by atomic mass is 9.98. The van der Waals surface area contributed by atoms with Crippen LogP contribution in [-0.2, 0) is 23.9 Å². The zero-order valence-corrected chi connectivity index (χ0v) is 13.2. The molecule has 0 fully saturated rings. The van der Waals surface area contributed by atoms with Crippen LogP contribution in [0.5, 0.6) is 0 Å². The second kappa shape index (κ2) is 6.39. The summed E-state index contributed by atoms with van der Waals surface area (Å²) >= 11 is 5.58. The Morgan fingerprint density at radius 2 is 1.92 bits per heavy atom. The van der Waals surface area contributed by atoms with Crippen molar-refractivity contribution in [2.45, 2.75) is 19.1 Å². The number of carbonyl (C=O) groups is 1. The van der Waals surface area contributed by atoms with Gasteiger partial charge < -0.3 is 4.90 Å². The minimum atomic E-state index is -4.37. The Kier molecular flexibility index (Phi) is 4.45. The maximum Gasteiger partial charge on any atom is 0.416 e. The summed E-state index contributed by atoms with van der Waals surface area (Å²) in [5.41, 5.74) is 2.05. The van der Waals surface area contributed by atoms with Crippen molar-refractivity contribution in [1.29, 1.82) is 0 Å². The molecule has 1 amide bonds. The van der Waals surface area contributed by atoms with Crippen LogP contribution in [0.3, 0.4) is 0 Å². The minimum absolute atomic E-state index is 0.0911. The van der Waals surface area contributed by atoms with Gasteiger partial charge in [0.05, 0.1) is 23.5 Å². The molecule has 1 aromatic carbocycles. The molecule has 24 heavy (non-hydrogen) atoms. The first kappa shape index (κ1) is 16.7. The monoisotopic (exact) mass is 355 g/mol. The lowest BCUT2D eigenvalue weighted by Gasteiger charge is -2.28. The van der Waals surface area contributed by atoms with Crippen LogP contribution in [0.25, 0.3) is 11.3 Å². The first-order valence-electron chi connectivity index (χ1n) is 7.24. The smallest absolute Gasteiger partial charge is 0.335 e. The van der Waals surface area contributed by atoms with Crippen LogP contribution in [0.4, 0.5) is 13.2 Å². The number of rotatable bonds is 2. The van der Waals surface area contributed by atoms with Gasteiger partial charge in [-0.05, 0) is 18.6 Å². The fourth-order valence-electron chi connectivity index (χ4n) is 2.72. The molecule has 8 heteroatoms. The van der Waals surface area contributed by atoms with Crippen LogP contribution in [0.15, 0.2) is 30.6 Å². The number of hydrogen-bond donors (Lipinski definition) is 0. The van der Waals surface area contributed by atoms with E-state index in [-0.39, 0.29) is 11.8 Å². The number of nitrogens with zero attached hydrogens (tertiary/aromatic N) is 3. The fourth-order valence-corrected chi connectivity index (χ4v) is 2.89. The molecule has 0 unspecified atom stereocenters. The maximum atomic E-state index is 12.7. The molecule has 1 aliphatic rings. The molecule has 2 heterocycles. The van der Waals surface area contributed by atoms with Crippen LogP contribution >= 0.6 is 11.6 Å². The van der Waals surface area contributed by atoms with Gasteiger partial charge in [0.2, 0.25) is 5.91 Å². The van der Waals surface area contributed by atoms with Crippen LogP contribution in [0.1, 0.15) is 16.8 Å². The van der Waals surface area contributed by atoms with Gasteiger partial charge in [-0.25, -0.2) is 9.97 Å². The van der Waals surface area contributed by atoms with E-state index >= 15 is 0 Å². The molecular weight excluding hydrogens is 343 g/mol. The Labute approximate surface area is 141 Å². The van der Waals surface area contributed by atoms with E-state index in [0.29, 0.717) is 36.5 Å². The van der Waals surface area contributed by atoms with E-state index in [9.17, 15) is 18.0 Å². The standard InChI is InChI=1S/C16H13ClF3N3O/c17-7-14(24)23-6-5-12-13(8-23)21-9-22-15(12)10-1-3-11(4-2-10)16(18,19)20/h1-4,9H,5-8H2. The van der Waals surface area contributed by atoms with Crippen LogP contribution in [-0.4, -0.2) is 33.2 Å². The number of hydrogen-bond acceptors (Lipinski definition) is 3. The molecular formula is C16H13ClF3N3O. The normalized spacial score (nSPS) is 14.4. The van der Waals surface area contributed by atoms with Crippen molar-refractivity contribution in [3.63, 3.8) is 0 Å². The van der Waals surface area contributed by atoms with Crippen molar-refractivity contribution in [3.05, 3.63) is 47.4 Å². The van der Waals surface area contributed by atoms with Crippen molar-refractivity contribution in [2.24, 2.45) is 0 Å². The second-order valence-electron chi connectivity index (χ2n) is 5.42. The Hall–Kier alpha value is -2.15. The molecule has 1 aliphatic heterocycles. The summed E-state index contributed by atoms with van der Waals surface area (Å²) in [6.45, 7) is 0.816. The van der Waals surface area contributed by atoms with Gasteiger partial charge in [-0.2, -0.15) is 13.2 Å². The zero-order chi connectivity index (χ0) is 17.3. The van der Waals surface area contributed by atoms with E-state index in [1.807, 2.05) is 0 Å². The molecule has 4 nitrogen and oxygen atoms in total. The van der Waals surface area contributed by atoms with Gasteiger partial charge in [0.15, 0.2) is 0 Å². The first-order chi connectivity index (χ1) is 11.4. The summed E-state index contributed by atoms with van der Waals surface area (Å²) < 4.78 is 38.0. The molecule has 0 N–H and O–H groups in total. The highest BCUT2D eigenvalue weighted by Crippen LogP contribution is 2.32. The quantitative estimate of drug-likeness (QED) is 0.777. The fraction of sp³-hybridized carbons (Fsp3) is 0.312. The van der Waals surface area contributed by atoms with E-state index < -0.39 is 11.7 Å². The number of alkyl halides is 4. The van der Waals surface area contributed by atoms with Crippen molar-refractivity contribution < 1.29 is 18.0 Å². The highest BCUT2D eigenvalue weighted by molar-refractivity contribution is 6.27.